The Labute approximate surface area is 149 Å². The van der Waals surface area contributed by atoms with Crippen molar-refractivity contribution in [1.29, 1.82) is 0 Å². The Bertz CT molecular complexity index is 761. The topological polar surface area (TPSA) is 87.7 Å². The number of nitrogens with one attached hydrogen (secondary N) is 1. The van der Waals surface area contributed by atoms with Gasteiger partial charge in [-0.25, -0.2) is 4.79 Å². The van der Waals surface area contributed by atoms with E-state index in [2.05, 4.69) is 15.5 Å². The summed E-state index contributed by atoms with van der Waals surface area (Å²) in [6, 6.07) is 7.38. The van der Waals surface area contributed by atoms with Crippen molar-refractivity contribution in [2.24, 2.45) is 0 Å². The van der Waals surface area contributed by atoms with Crippen molar-refractivity contribution in [2.75, 3.05) is 32.0 Å². The minimum Gasteiger partial charge on any atom is -0.486 e. The molecule has 0 spiro atoms. The highest BCUT2D eigenvalue weighted by atomic mass is 32.1. The molecule has 0 aliphatic carbocycles. The number of carbonyl (C=O) groups is 2. The van der Waals surface area contributed by atoms with Crippen LogP contribution in [0.3, 0.4) is 0 Å². The van der Waals surface area contributed by atoms with Crippen LogP contribution in [0, 0.1) is 6.92 Å². The number of ether oxygens (including phenoxy) is 1. The Hall–Kier alpha value is -2.68. The third kappa shape index (κ3) is 4.44. The van der Waals surface area contributed by atoms with E-state index in [9.17, 15) is 9.59 Å². The number of rotatable bonds is 4. The van der Waals surface area contributed by atoms with Gasteiger partial charge in [-0.15, -0.1) is 10.2 Å². The summed E-state index contributed by atoms with van der Waals surface area (Å²) in [6.45, 7) is 3.39. The lowest BCUT2D eigenvalue weighted by atomic mass is 10.2. The van der Waals surface area contributed by atoms with Crippen molar-refractivity contribution in [3.63, 3.8) is 0 Å². The van der Waals surface area contributed by atoms with Crippen LogP contribution in [0.15, 0.2) is 24.3 Å². The summed E-state index contributed by atoms with van der Waals surface area (Å²) in [7, 11) is 1.72. The summed E-state index contributed by atoms with van der Waals surface area (Å²) in [5, 5.41) is 11.7. The van der Waals surface area contributed by atoms with E-state index in [0.29, 0.717) is 23.2 Å². The smallest absolute Gasteiger partial charge is 0.324 e. The molecule has 0 bridgehead atoms. The number of aromatic nitrogens is 2. The average molecular weight is 361 g/mol. The van der Waals surface area contributed by atoms with Crippen molar-refractivity contribution in [2.45, 2.75) is 13.5 Å². The van der Waals surface area contributed by atoms with Gasteiger partial charge in [0.25, 0.3) is 0 Å². The highest BCUT2D eigenvalue weighted by Gasteiger charge is 2.25. The third-order valence-corrected chi connectivity index (χ3v) is 4.62. The zero-order valence-corrected chi connectivity index (χ0v) is 14.9. The van der Waals surface area contributed by atoms with Gasteiger partial charge in [0, 0.05) is 20.1 Å². The number of urea groups is 1. The second-order valence-electron chi connectivity index (χ2n) is 5.77. The lowest BCUT2D eigenvalue weighted by Gasteiger charge is -2.31. The van der Waals surface area contributed by atoms with Crippen LogP contribution in [0.1, 0.15) is 10.6 Å². The molecule has 3 rings (SSSR count). The van der Waals surface area contributed by atoms with Crippen LogP contribution in [0.25, 0.3) is 0 Å². The molecule has 1 aromatic carbocycles. The van der Waals surface area contributed by atoms with Crippen molar-refractivity contribution in [3.05, 3.63) is 34.8 Å². The molecule has 0 radical (unpaired) electrons. The predicted octanol–water partition coefficient (Wildman–Crippen LogP) is 1.73. The minimum atomic E-state index is -0.344. The molecular weight excluding hydrogens is 342 g/mol. The van der Waals surface area contributed by atoms with E-state index in [-0.39, 0.29) is 25.1 Å². The van der Waals surface area contributed by atoms with E-state index < -0.39 is 0 Å². The van der Waals surface area contributed by atoms with Gasteiger partial charge in [-0.1, -0.05) is 29.0 Å². The lowest BCUT2D eigenvalue weighted by molar-refractivity contribution is -0.133. The monoisotopic (exact) mass is 361 g/mol. The van der Waals surface area contributed by atoms with E-state index in [1.807, 2.05) is 31.2 Å². The van der Waals surface area contributed by atoms with E-state index in [1.165, 1.54) is 16.2 Å². The van der Waals surface area contributed by atoms with Gasteiger partial charge in [0.1, 0.15) is 18.9 Å². The lowest BCUT2D eigenvalue weighted by Crippen LogP contribution is -2.51. The van der Waals surface area contributed by atoms with Gasteiger partial charge in [-0.2, -0.15) is 0 Å². The molecule has 1 saturated heterocycles. The molecular formula is C16H19N5O3S. The second kappa shape index (κ2) is 7.47. The fourth-order valence-corrected chi connectivity index (χ4v) is 2.89. The molecule has 0 atom stereocenters. The second-order valence-corrected chi connectivity index (χ2v) is 6.83. The Kier molecular flexibility index (Phi) is 5.13. The number of amides is 3. The molecule has 9 heteroatoms. The third-order valence-electron chi connectivity index (χ3n) is 3.81. The fraction of sp³-hybridized carbons (Fsp3) is 0.375. The Morgan fingerprint density at radius 2 is 2.04 bits per heavy atom. The van der Waals surface area contributed by atoms with Gasteiger partial charge in [-0.05, 0) is 19.1 Å². The minimum absolute atomic E-state index is 0.0739. The number of piperazine rings is 1. The Morgan fingerprint density at radius 1 is 1.28 bits per heavy atom. The number of carbonyl (C=O) groups excluding carboxylic acids is 2. The maximum absolute atomic E-state index is 12.2. The first kappa shape index (κ1) is 17.2. The van der Waals surface area contributed by atoms with Crippen LogP contribution in [-0.2, 0) is 11.4 Å². The van der Waals surface area contributed by atoms with Crippen LogP contribution in [0.2, 0.25) is 0 Å². The SMILES string of the molecule is Cc1ccc(OCc2nnc(NC(=O)N3CCN(C)C(=O)C3)s2)cc1. The van der Waals surface area contributed by atoms with Gasteiger partial charge in [-0.3, -0.25) is 10.1 Å². The van der Waals surface area contributed by atoms with Crippen molar-refractivity contribution in [1.82, 2.24) is 20.0 Å². The molecule has 2 heterocycles. The summed E-state index contributed by atoms with van der Waals surface area (Å²) < 4.78 is 5.64. The summed E-state index contributed by atoms with van der Waals surface area (Å²) >= 11 is 1.25. The number of aryl methyl sites for hydroxylation is 1. The van der Waals surface area contributed by atoms with Crippen LogP contribution < -0.4 is 10.1 Å². The summed E-state index contributed by atoms with van der Waals surface area (Å²) in [5.41, 5.74) is 1.16. The molecule has 132 valence electrons. The van der Waals surface area contributed by atoms with Crippen LogP contribution >= 0.6 is 11.3 Å². The highest BCUT2D eigenvalue weighted by molar-refractivity contribution is 7.15. The maximum Gasteiger partial charge on any atom is 0.324 e. The number of anilines is 1. The van der Waals surface area contributed by atoms with Crippen molar-refractivity contribution < 1.29 is 14.3 Å². The summed E-state index contributed by atoms with van der Waals surface area (Å²) in [5.74, 6) is 0.674. The molecule has 3 amide bonds. The largest absolute Gasteiger partial charge is 0.486 e. The van der Waals surface area contributed by atoms with Crippen LogP contribution in [0.5, 0.6) is 5.75 Å². The highest BCUT2D eigenvalue weighted by Crippen LogP contribution is 2.19. The number of benzene rings is 1. The van der Waals surface area contributed by atoms with Gasteiger partial charge in [0.2, 0.25) is 11.0 Å². The molecule has 0 saturated carbocycles. The van der Waals surface area contributed by atoms with Gasteiger partial charge < -0.3 is 14.5 Å². The molecule has 2 aromatic rings. The molecule has 1 aromatic heterocycles. The number of likely N-dealkylation sites (N-methyl/N-ethyl adjacent to an activating group) is 1. The van der Waals surface area contributed by atoms with Gasteiger partial charge in [0.05, 0.1) is 0 Å². The average Bonchev–Trinajstić information content (AvgIpc) is 3.04. The molecule has 8 nitrogen and oxygen atoms in total. The summed E-state index contributed by atoms with van der Waals surface area (Å²) in [6.07, 6.45) is 0. The fourth-order valence-electron chi connectivity index (χ4n) is 2.24. The Balaban J connectivity index is 1.52. The first-order valence-electron chi connectivity index (χ1n) is 7.83. The van der Waals surface area contributed by atoms with Crippen LogP contribution in [-0.4, -0.2) is 58.6 Å². The first-order chi connectivity index (χ1) is 12.0. The Morgan fingerprint density at radius 3 is 2.76 bits per heavy atom. The quantitative estimate of drug-likeness (QED) is 0.896. The van der Waals surface area contributed by atoms with Gasteiger partial charge >= 0.3 is 6.03 Å². The number of hydrogen-bond acceptors (Lipinski definition) is 6. The van der Waals surface area contributed by atoms with E-state index in [1.54, 1.807) is 11.9 Å². The van der Waals surface area contributed by atoms with E-state index in [4.69, 9.17) is 4.74 Å². The van der Waals surface area contributed by atoms with Crippen molar-refractivity contribution >= 4 is 28.4 Å². The summed E-state index contributed by atoms with van der Waals surface area (Å²) in [4.78, 5) is 26.9. The molecule has 1 aliphatic heterocycles. The molecule has 25 heavy (non-hydrogen) atoms. The zero-order valence-electron chi connectivity index (χ0n) is 14.1. The molecule has 1 aliphatic rings. The van der Waals surface area contributed by atoms with Crippen molar-refractivity contribution in [3.8, 4) is 5.75 Å². The first-order valence-corrected chi connectivity index (χ1v) is 8.64. The number of hydrogen-bond donors (Lipinski definition) is 1. The maximum atomic E-state index is 12.2. The van der Waals surface area contributed by atoms with Gasteiger partial charge in [0.15, 0.2) is 5.01 Å². The normalized spacial score (nSPS) is 14.6. The zero-order chi connectivity index (χ0) is 17.8. The standard InChI is InChI=1S/C16H19N5O3S/c1-11-3-5-12(6-4-11)24-10-13-18-19-15(25-13)17-16(23)21-8-7-20(2)14(22)9-21/h3-6H,7-10H2,1-2H3,(H,17,19,23). The molecule has 1 N–H and O–H groups in total. The van der Waals surface area contributed by atoms with E-state index >= 15 is 0 Å². The molecule has 1 fully saturated rings. The van der Waals surface area contributed by atoms with E-state index in [0.717, 1.165) is 11.3 Å². The molecule has 0 unspecified atom stereocenters. The predicted molar refractivity (Wildman–Crippen MR) is 93.6 cm³/mol. The van der Waals surface area contributed by atoms with Crippen LogP contribution in [0.4, 0.5) is 9.93 Å². The number of nitrogens with zero attached hydrogens (tertiary/aromatic N) is 4.